The molecule has 23 heavy (non-hydrogen) atoms. The predicted molar refractivity (Wildman–Crippen MR) is 95.3 cm³/mol. The second-order valence-electron chi connectivity index (χ2n) is 6.73. The van der Waals surface area contributed by atoms with Crippen molar-refractivity contribution in [2.24, 2.45) is 11.8 Å². The van der Waals surface area contributed by atoms with Gasteiger partial charge in [-0.05, 0) is 43.7 Å². The number of hydrogen-bond donors (Lipinski definition) is 1. The maximum Gasteiger partial charge on any atom is 0.227 e. The summed E-state index contributed by atoms with van der Waals surface area (Å²) in [6.07, 6.45) is 10.2. The van der Waals surface area contributed by atoms with E-state index in [1.54, 1.807) is 6.20 Å². The Morgan fingerprint density at radius 1 is 1.17 bits per heavy atom. The number of carbonyl (C=O) groups is 1. The summed E-state index contributed by atoms with van der Waals surface area (Å²) >= 11 is 0. The lowest BCUT2D eigenvalue weighted by molar-refractivity contribution is -0.121. The molecule has 0 saturated heterocycles. The molecule has 1 aromatic carbocycles. The van der Waals surface area contributed by atoms with Gasteiger partial charge in [0.1, 0.15) is 0 Å². The van der Waals surface area contributed by atoms with Crippen molar-refractivity contribution in [1.82, 2.24) is 4.98 Å². The zero-order valence-corrected chi connectivity index (χ0v) is 13.9. The van der Waals surface area contributed by atoms with Gasteiger partial charge in [0, 0.05) is 17.5 Å². The van der Waals surface area contributed by atoms with Crippen molar-refractivity contribution in [2.75, 3.05) is 5.32 Å². The van der Waals surface area contributed by atoms with Crippen LogP contribution in [-0.4, -0.2) is 10.9 Å². The van der Waals surface area contributed by atoms with Crippen LogP contribution in [0.1, 0.15) is 51.9 Å². The number of nitrogens with one attached hydrogen (secondary N) is 1. The number of carbonyl (C=O) groups excluding carboxylic acids is 1. The molecule has 0 aliphatic heterocycles. The van der Waals surface area contributed by atoms with E-state index in [4.69, 9.17) is 0 Å². The summed E-state index contributed by atoms with van der Waals surface area (Å²) < 4.78 is 0. The highest BCUT2D eigenvalue weighted by Gasteiger charge is 2.26. The fraction of sp³-hybridized carbons (Fsp3) is 0.500. The maximum atomic E-state index is 12.6. The van der Waals surface area contributed by atoms with Gasteiger partial charge in [-0.2, -0.15) is 0 Å². The van der Waals surface area contributed by atoms with Gasteiger partial charge in [-0.15, -0.1) is 0 Å². The van der Waals surface area contributed by atoms with Gasteiger partial charge in [0.25, 0.3) is 0 Å². The minimum Gasteiger partial charge on any atom is -0.324 e. The van der Waals surface area contributed by atoms with Crippen LogP contribution in [0.25, 0.3) is 10.9 Å². The Morgan fingerprint density at radius 3 is 2.74 bits per heavy atom. The number of amides is 1. The Morgan fingerprint density at radius 2 is 1.96 bits per heavy atom. The van der Waals surface area contributed by atoms with Gasteiger partial charge in [0.15, 0.2) is 0 Å². The van der Waals surface area contributed by atoms with Gasteiger partial charge < -0.3 is 5.32 Å². The number of nitrogens with zero attached hydrogens (tertiary/aromatic N) is 1. The maximum absolute atomic E-state index is 12.6. The Hall–Kier alpha value is -1.90. The van der Waals surface area contributed by atoms with Crippen LogP contribution in [-0.2, 0) is 4.79 Å². The lowest BCUT2D eigenvalue weighted by atomic mass is 9.79. The summed E-state index contributed by atoms with van der Waals surface area (Å²) in [6, 6.07) is 9.89. The SMILES string of the molecule is CCCCC1CCC(C(=O)Nc2cccc3cccnc23)CC1. The van der Waals surface area contributed by atoms with Crippen molar-refractivity contribution in [2.45, 2.75) is 51.9 Å². The summed E-state index contributed by atoms with van der Waals surface area (Å²) in [6.45, 7) is 2.25. The number of fused-ring (bicyclic) bond motifs is 1. The number of unbranched alkanes of at least 4 members (excludes halogenated alkanes) is 1. The molecule has 3 heteroatoms. The number of para-hydroxylation sites is 1. The van der Waals surface area contributed by atoms with Crippen molar-refractivity contribution >= 4 is 22.5 Å². The summed E-state index contributed by atoms with van der Waals surface area (Å²) in [5.41, 5.74) is 1.71. The standard InChI is InChI=1S/C20H26N2O/c1-2-3-6-15-10-12-17(13-11-15)20(23)22-18-9-4-7-16-8-5-14-21-19(16)18/h4-5,7-9,14-15,17H,2-3,6,10-13H2,1H3,(H,22,23). The molecule has 1 aliphatic rings. The Bertz CT molecular complexity index is 654. The summed E-state index contributed by atoms with van der Waals surface area (Å²) in [5, 5.41) is 4.17. The zero-order chi connectivity index (χ0) is 16.1. The Labute approximate surface area is 138 Å². The van der Waals surface area contributed by atoms with Crippen molar-refractivity contribution in [3.63, 3.8) is 0 Å². The number of rotatable bonds is 5. The normalized spacial score (nSPS) is 21.3. The molecule has 1 aliphatic carbocycles. The van der Waals surface area contributed by atoms with Crippen LogP contribution < -0.4 is 5.32 Å². The zero-order valence-electron chi connectivity index (χ0n) is 13.9. The van der Waals surface area contributed by atoms with E-state index >= 15 is 0 Å². The molecule has 0 unspecified atom stereocenters. The van der Waals surface area contributed by atoms with Crippen LogP contribution in [0.5, 0.6) is 0 Å². The Balaban J connectivity index is 1.61. The molecule has 1 heterocycles. The molecule has 1 N–H and O–H groups in total. The van der Waals surface area contributed by atoms with Crippen molar-refractivity contribution < 1.29 is 4.79 Å². The second-order valence-corrected chi connectivity index (χ2v) is 6.73. The molecule has 0 atom stereocenters. The van der Waals surface area contributed by atoms with Crippen LogP contribution in [0.3, 0.4) is 0 Å². The van der Waals surface area contributed by atoms with Crippen LogP contribution in [0.15, 0.2) is 36.5 Å². The first-order chi connectivity index (χ1) is 11.3. The molecule has 122 valence electrons. The lowest BCUT2D eigenvalue weighted by Crippen LogP contribution is -2.27. The first-order valence-electron chi connectivity index (χ1n) is 8.92. The smallest absolute Gasteiger partial charge is 0.227 e. The van der Waals surface area contributed by atoms with Crippen LogP contribution >= 0.6 is 0 Å². The molecule has 1 saturated carbocycles. The van der Waals surface area contributed by atoms with E-state index in [9.17, 15) is 4.79 Å². The number of benzene rings is 1. The number of aromatic nitrogens is 1. The Kier molecular flexibility index (Phi) is 5.27. The highest BCUT2D eigenvalue weighted by molar-refractivity contribution is 6.01. The van der Waals surface area contributed by atoms with E-state index in [-0.39, 0.29) is 11.8 Å². The number of hydrogen-bond acceptors (Lipinski definition) is 2. The minimum atomic E-state index is 0.159. The molecular formula is C20H26N2O. The van der Waals surface area contributed by atoms with E-state index in [1.165, 1.54) is 32.1 Å². The predicted octanol–water partition coefficient (Wildman–Crippen LogP) is 5.17. The fourth-order valence-corrected chi connectivity index (χ4v) is 3.65. The monoisotopic (exact) mass is 310 g/mol. The average molecular weight is 310 g/mol. The van der Waals surface area contributed by atoms with Gasteiger partial charge in [0.05, 0.1) is 11.2 Å². The van der Waals surface area contributed by atoms with E-state index < -0.39 is 0 Å². The molecule has 3 nitrogen and oxygen atoms in total. The second kappa shape index (κ2) is 7.58. The first kappa shape index (κ1) is 16.0. The van der Waals surface area contributed by atoms with Crippen molar-refractivity contribution in [1.29, 1.82) is 0 Å². The third kappa shape index (κ3) is 3.90. The number of pyridine rings is 1. The third-order valence-corrected chi connectivity index (χ3v) is 5.07. The van der Waals surface area contributed by atoms with Crippen molar-refractivity contribution in [3.8, 4) is 0 Å². The van der Waals surface area contributed by atoms with Gasteiger partial charge in [0.2, 0.25) is 5.91 Å². The summed E-state index contributed by atoms with van der Waals surface area (Å²) in [4.78, 5) is 17.0. The molecule has 0 spiro atoms. The summed E-state index contributed by atoms with van der Waals surface area (Å²) in [5.74, 6) is 1.15. The van der Waals surface area contributed by atoms with Gasteiger partial charge in [-0.1, -0.05) is 44.4 Å². The molecule has 1 amide bonds. The fourth-order valence-electron chi connectivity index (χ4n) is 3.65. The minimum absolute atomic E-state index is 0.159. The molecule has 3 rings (SSSR count). The third-order valence-electron chi connectivity index (χ3n) is 5.07. The topological polar surface area (TPSA) is 42.0 Å². The number of anilines is 1. The highest BCUT2D eigenvalue weighted by Crippen LogP contribution is 2.33. The molecular weight excluding hydrogens is 284 g/mol. The quantitative estimate of drug-likeness (QED) is 0.827. The lowest BCUT2D eigenvalue weighted by Gasteiger charge is -2.27. The molecule has 1 fully saturated rings. The summed E-state index contributed by atoms with van der Waals surface area (Å²) in [7, 11) is 0. The molecule has 0 radical (unpaired) electrons. The highest BCUT2D eigenvalue weighted by atomic mass is 16.1. The first-order valence-corrected chi connectivity index (χ1v) is 8.92. The largest absolute Gasteiger partial charge is 0.324 e. The van der Waals surface area contributed by atoms with Crippen molar-refractivity contribution in [3.05, 3.63) is 36.5 Å². The van der Waals surface area contributed by atoms with E-state index in [1.807, 2.05) is 30.3 Å². The molecule has 0 bridgehead atoms. The van der Waals surface area contributed by atoms with Gasteiger partial charge >= 0.3 is 0 Å². The average Bonchev–Trinajstić information content (AvgIpc) is 2.60. The van der Waals surface area contributed by atoms with E-state index in [0.29, 0.717) is 0 Å². The van der Waals surface area contributed by atoms with E-state index in [2.05, 4.69) is 17.2 Å². The van der Waals surface area contributed by atoms with Gasteiger partial charge in [-0.3, -0.25) is 9.78 Å². The molecule has 1 aromatic heterocycles. The van der Waals surface area contributed by atoms with Crippen LogP contribution in [0, 0.1) is 11.8 Å². The van der Waals surface area contributed by atoms with E-state index in [0.717, 1.165) is 35.3 Å². The van der Waals surface area contributed by atoms with Crippen LogP contribution in [0.2, 0.25) is 0 Å². The molecule has 2 aromatic rings. The van der Waals surface area contributed by atoms with Gasteiger partial charge in [-0.25, -0.2) is 0 Å². The van der Waals surface area contributed by atoms with Crippen LogP contribution in [0.4, 0.5) is 5.69 Å².